The van der Waals surface area contributed by atoms with Crippen molar-refractivity contribution in [2.24, 2.45) is 0 Å². The molecule has 0 aliphatic carbocycles. The number of alkyl halides is 1. The second-order valence-corrected chi connectivity index (χ2v) is 5.32. The smallest absolute Gasteiger partial charge is 0.126 e. The summed E-state index contributed by atoms with van der Waals surface area (Å²) in [5.41, 5.74) is 2.56. The third-order valence-corrected chi connectivity index (χ3v) is 3.08. The predicted molar refractivity (Wildman–Crippen MR) is 80.0 cm³/mol. The third-order valence-electron chi connectivity index (χ3n) is 2.90. The first-order chi connectivity index (χ1) is 8.57. The molecule has 0 aliphatic rings. The van der Waals surface area contributed by atoms with E-state index in [1.807, 2.05) is 12.2 Å². The molecule has 0 radical (unpaired) electrons. The lowest BCUT2D eigenvalue weighted by Crippen LogP contribution is -2.04. The van der Waals surface area contributed by atoms with Crippen LogP contribution >= 0.6 is 11.6 Å². The van der Waals surface area contributed by atoms with Crippen LogP contribution in [0, 0.1) is 0 Å². The Bertz CT molecular complexity index is 368. The lowest BCUT2D eigenvalue weighted by atomic mass is 9.94. The molecule has 1 aromatic rings. The van der Waals surface area contributed by atoms with Crippen molar-refractivity contribution in [1.29, 1.82) is 0 Å². The van der Waals surface area contributed by atoms with E-state index in [0.29, 0.717) is 24.3 Å². The summed E-state index contributed by atoms with van der Waals surface area (Å²) in [6.45, 7) is 9.36. The van der Waals surface area contributed by atoms with Gasteiger partial charge in [-0.1, -0.05) is 58.0 Å². The van der Waals surface area contributed by atoms with Crippen LogP contribution in [0.15, 0.2) is 30.4 Å². The first-order valence-corrected chi connectivity index (χ1v) is 7.08. The summed E-state index contributed by atoms with van der Waals surface area (Å²) in [6.07, 6.45) is 3.88. The molecule has 1 aromatic carbocycles. The topological polar surface area (TPSA) is 9.23 Å². The summed E-state index contributed by atoms with van der Waals surface area (Å²) < 4.78 is 5.95. The van der Waals surface area contributed by atoms with Crippen LogP contribution in [0.1, 0.15) is 50.7 Å². The predicted octanol–water partition coefficient (Wildman–Crippen LogP) is 5.11. The van der Waals surface area contributed by atoms with Gasteiger partial charge in [0.15, 0.2) is 0 Å². The van der Waals surface area contributed by atoms with Gasteiger partial charge < -0.3 is 4.74 Å². The van der Waals surface area contributed by atoms with E-state index in [1.54, 1.807) is 0 Å². The summed E-state index contributed by atoms with van der Waals surface area (Å²) >= 11 is 5.60. The molecule has 18 heavy (non-hydrogen) atoms. The molecule has 0 aromatic heterocycles. The average Bonchev–Trinajstić information content (AvgIpc) is 2.34. The Morgan fingerprint density at radius 3 is 2.06 bits per heavy atom. The van der Waals surface area contributed by atoms with Crippen LogP contribution in [-0.4, -0.2) is 12.5 Å². The minimum atomic E-state index is 0.468. The van der Waals surface area contributed by atoms with Crippen LogP contribution in [0.25, 0.3) is 0 Å². The molecule has 0 aliphatic heterocycles. The first-order valence-electron chi connectivity index (χ1n) is 6.54. The van der Waals surface area contributed by atoms with Crippen molar-refractivity contribution in [2.75, 3.05) is 12.5 Å². The molecule has 0 heterocycles. The normalized spacial score (nSPS) is 11.7. The van der Waals surface area contributed by atoms with Gasteiger partial charge in [-0.05, 0) is 23.0 Å². The van der Waals surface area contributed by atoms with E-state index >= 15 is 0 Å². The van der Waals surface area contributed by atoms with Gasteiger partial charge in [0.1, 0.15) is 12.4 Å². The van der Waals surface area contributed by atoms with E-state index < -0.39 is 0 Å². The van der Waals surface area contributed by atoms with Gasteiger partial charge in [-0.15, -0.1) is 11.6 Å². The molecule has 0 spiro atoms. The van der Waals surface area contributed by atoms with E-state index in [4.69, 9.17) is 16.3 Å². The monoisotopic (exact) mass is 266 g/mol. The van der Waals surface area contributed by atoms with Crippen LogP contribution in [0.3, 0.4) is 0 Å². The lowest BCUT2D eigenvalue weighted by molar-refractivity contribution is 0.351. The average molecular weight is 267 g/mol. The van der Waals surface area contributed by atoms with E-state index in [-0.39, 0.29) is 0 Å². The number of hydrogen-bond donors (Lipinski definition) is 0. The molecule has 0 amide bonds. The summed E-state index contributed by atoms with van der Waals surface area (Å²) in [4.78, 5) is 0. The zero-order chi connectivity index (χ0) is 13.5. The van der Waals surface area contributed by atoms with Gasteiger partial charge in [-0.3, -0.25) is 0 Å². The minimum Gasteiger partial charge on any atom is -0.489 e. The van der Waals surface area contributed by atoms with Gasteiger partial charge in [0.05, 0.1) is 0 Å². The molecule has 0 saturated carbocycles. The van der Waals surface area contributed by atoms with E-state index in [0.717, 1.165) is 5.75 Å². The Balaban J connectivity index is 2.99. The number of hydrogen-bond acceptors (Lipinski definition) is 1. The number of para-hydroxylation sites is 1. The highest BCUT2D eigenvalue weighted by atomic mass is 35.5. The zero-order valence-corrected chi connectivity index (χ0v) is 12.5. The standard InChI is InChI=1S/C16H23ClO/c1-12(2)14-8-7-9-15(13(3)4)16(14)18-11-6-5-10-17/h5-9,12-13H,10-11H2,1-4H3. The van der Waals surface area contributed by atoms with Gasteiger partial charge in [-0.25, -0.2) is 0 Å². The highest BCUT2D eigenvalue weighted by Crippen LogP contribution is 2.34. The number of halogens is 1. The van der Waals surface area contributed by atoms with Crippen molar-refractivity contribution in [1.82, 2.24) is 0 Å². The third kappa shape index (κ3) is 4.06. The maximum Gasteiger partial charge on any atom is 0.126 e. The quantitative estimate of drug-likeness (QED) is 0.514. The molecule has 0 fully saturated rings. The molecule has 1 rings (SSSR count). The van der Waals surface area contributed by atoms with E-state index in [9.17, 15) is 0 Å². The van der Waals surface area contributed by atoms with Crippen LogP contribution in [-0.2, 0) is 0 Å². The first kappa shape index (κ1) is 15.1. The Morgan fingerprint density at radius 2 is 1.61 bits per heavy atom. The van der Waals surface area contributed by atoms with Gasteiger partial charge in [0, 0.05) is 5.88 Å². The maximum atomic E-state index is 5.95. The second-order valence-electron chi connectivity index (χ2n) is 5.01. The molecule has 2 heteroatoms. The van der Waals surface area contributed by atoms with Crippen molar-refractivity contribution < 1.29 is 4.74 Å². The van der Waals surface area contributed by atoms with Crippen molar-refractivity contribution in [2.45, 2.75) is 39.5 Å². The second kappa shape index (κ2) is 7.48. The molecule has 1 nitrogen and oxygen atoms in total. The highest BCUT2D eigenvalue weighted by Gasteiger charge is 2.14. The van der Waals surface area contributed by atoms with Gasteiger partial charge >= 0.3 is 0 Å². The van der Waals surface area contributed by atoms with Crippen LogP contribution in [0.4, 0.5) is 0 Å². The molecule has 0 bridgehead atoms. The number of ether oxygens (including phenoxy) is 1. The van der Waals surface area contributed by atoms with Crippen LogP contribution < -0.4 is 4.74 Å². The molecule has 0 atom stereocenters. The van der Waals surface area contributed by atoms with Gasteiger partial charge in [-0.2, -0.15) is 0 Å². The molecule has 0 saturated heterocycles. The lowest BCUT2D eigenvalue weighted by Gasteiger charge is -2.19. The fraction of sp³-hybridized carbons (Fsp3) is 0.500. The van der Waals surface area contributed by atoms with Crippen molar-refractivity contribution in [3.63, 3.8) is 0 Å². The SMILES string of the molecule is CC(C)c1cccc(C(C)C)c1OCC=CCCl. The summed E-state index contributed by atoms with van der Waals surface area (Å²) in [5, 5.41) is 0. The van der Waals surface area contributed by atoms with Crippen LogP contribution in [0.2, 0.25) is 0 Å². The summed E-state index contributed by atoms with van der Waals surface area (Å²) in [6, 6.07) is 6.42. The Hall–Kier alpha value is -0.950. The van der Waals surface area contributed by atoms with E-state index in [1.165, 1.54) is 11.1 Å². The van der Waals surface area contributed by atoms with Crippen molar-refractivity contribution >= 4 is 11.6 Å². The summed E-state index contributed by atoms with van der Waals surface area (Å²) in [5.74, 6) is 2.51. The fourth-order valence-electron chi connectivity index (χ4n) is 1.91. The molecule has 100 valence electrons. The zero-order valence-electron chi connectivity index (χ0n) is 11.7. The largest absolute Gasteiger partial charge is 0.489 e. The van der Waals surface area contributed by atoms with Crippen molar-refractivity contribution in [3.8, 4) is 5.75 Å². The minimum absolute atomic E-state index is 0.468. The van der Waals surface area contributed by atoms with Crippen LogP contribution in [0.5, 0.6) is 5.75 Å². The Morgan fingerprint density at radius 1 is 1.06 bits per heavy atom. The van der Waals surface area contributed by atoms with Crippen molar-refractivity contribution in [3.05, 3.63) is 41.5 Å². The number of rotatable bonds is 6. The van der Waals surface area contributed by atoms with E-state index in [2.05, 4.69) is 45.9 Å². The number of benzene rings is 1. The van der Waals surface area contributed by atoms with Gasteiger partial charge in [0.2, 0.25) is 0 Å². The molecular weight excluding hydrogens is 244 g/mol. The Labute approximate surface area is 116 Å². The highest BCUT2D eigenvalue weighted by molar-refractivity contribution is 6.18. The fourth-order valence-corrected chi connectivity index (χ4v) is 2.04. The molecule has 0 N–H and O–H groups in total. The molecule has 0 unspecified atom stereocenters. The Kier molecular flexibility index (Phi) is 6.28. The number of allylic oxidation sites excluding steroid dienone is 1. The molecular formula is C16H23ClO. The summed E-state index contributed by atoms with van der Waals surface area (Å²) in [7, 11) is 0. The van der Waals surface area contributed by atoms with Gasteiger partial charge in [0.25, 0.3) is 0 Å². The maximum absolute atomic E-state index is 5.95.